The lowest BCUT2D eigenvalue weighted by molar-refractivity contribution is 0.574. The highest BCUT2D eigenvalue weighted by atomic mass is 32.1. The third kappa shape index (κ3) is 3.00. The average Bonchev–Trinajstić information content (AvgIpc) is 2.19. The van der Waals surface area contributed by atoms with E-state index in [0.29, 0.717) is 0 Å². The lowest BCUT2D eigenvalue weighted by Crippen LogP contribution is -2.35. The Morgan fingerprint density at radius 2 is 1.86 bits per heavy atom. The van der Waals surface area contributed by atoms with Gasteiger partial charge in [0.05, 0.1) is 6.04 Å². The third-order valence-electron chi connectivity index (χ3n) is 2.05. The van der Waals surface area contributed by atoms with E-state index >= 15 is 0 Å². The van der Waals surface area contributed by atoms with Crippen LogP contribution >= 0.6 is 12.2 Å². The minimum atomic E-state index is 0.256. The molecule has 1 aromatic rings. The molecule has 0 aliphatic rings. The highest BCUT2D eigenvalue weighted by molar-refractivity contribution is 7.80. The minimum absolute atomic E-state index is 0.256. The lowest BCUT2D eigenvalue weighted by atomic mass is 10.1. The van der Waals surface area contributed by atoms with Gasteiger partial charge < -0.3 is 10.2 Å². The van der Waals surface area contributed by atoms with Crippen molar-refractivity contribution in [3.8, 4) is 0 Å². The molecule has 1 aromatic carbocycles. The molecule has 2 nitrogen and oxygen atoms in total. The largest absolute Gasteiger partial charge is 0.356 e. The Morgan fingerprint density at radius 3 is 2.36 bits per heavy atom. The summed E-state index contributed by atoms with van der Waals surface area (Å²) in [6, 6.07) is 10.5. The van der Waals surface area contributed by atoms with Crippen molar-refractivity contribution in [1.82, 2.24) is 10.2 Å². The van der Waals surface area contributed by atoms with E-state index in [1.54, 1.807) is 0 Å². The van der Waals surface area contributed by atoms with Gasteiger partial charge in [-0.25, -0.2) is 0 Å². The Labute approximate surface area is 90.9 Å². The van der Waals surface area contributed by atoms with Crippen molar-refractivity contribution < 1.29 is 0 Å². The van der Waals surface area contributed by atoms with Gasteiger partial charge >= 0.3 is 0 Å². The second kappa shape index (κ2) is 4.96. The van der Waals surface area contributed by atoms with Gasteiger partial charge in [0.15, 0.2) is 5.11 Å². The van der Waals surface area contributed by atoms with Crippen molar-refractivity contribution in [2.75, 3.05) is 14.1 Å². The molecule has 0 saturated heterocycles. The number of nitrogens with one attached hydrogen (secondary N) is 1. The predicted molar refractivity (Wildman–Crippen MR) is 64.3 cm³/mol. The molecule has 0 aromatic heterocycles. The zero-order valence-corrected chi connectivity index (χ0v) is 9.64. The highest BCUT2D eigenvalue weighted by Crippen LogP contribution is 2.10. The quantitative estimate of drug-likeness (QED) is 0.750. The van der Waals surface area contributed by atoms with E-state index in [2.05, 4.69) is 24.4 Å². The van der Waals surface area contributed by atoms with Gasteiger partial charge in [0.25, 0.3) is 0 Å². The molecule has 1 rings (SSSR count). The molecule has 0 aliphatic carbocycles. The first-order valence-electron chi connectivity index (χ1n) is 4.64. The van der Waals surface area contributed by atoms with Crippen LogP contribution in [-0.2, 0) is 0 Å². The molecule has 1 atom stereocenters. The van der Waals surface area contributed by atoms with Crippen molar-refractivity contribution in [1.29, 1.82) is 0 Å². The summed E-state index contributed by atoms with van der Waals surface area (Å²) >= 11 is 5.17. The Bertz CT molecular complexity index is 295. The summed E-state index contributed by atoms with van der Waals surface area (Å²) in [7, 11) is 3.88. The summed E-state index contributed by atoms with van der Waals surface area (Å²) in [6.07, 6.45) is 0. The molecule has 0 spiro atoms. The van der Waals surface area contributed by atoms with E-state index < -0.39 is 0 Å². The number of hydrogen-bond acceptors (Lipinski definition) is 1. The maximum Gasteiger partial charge on any atom is 0.168 e. The Morgan fingerprint density at radius 1 is 1.29 bits per heavy atom. The van der Waals surface area contributed by atoms with Crippen LogP contribution in [-0.4, -0.2) is 24.1 Å². The predicted octanol–water partition coefficient (Wildman–Crippen LogP) is 2.18. The van der Waals surface area contributed by atoms with Gasteiger partial charge in [-0.15, -0.1) is 0 Å². The number of benzene rings is 1. The van der Waals surface area contributed by atoms with Crippen molar-refractivity contribution in [2.45, 2.75) is 13.0 Å². The molecule has 0 bridgehead atoms. The second-order valence-electron chi connectivity index (χ2n) is 3.48. The molecule has 76 valence electrons. The third-order valence-corrected chi connectivity index (χ3v) is 2.53. The van der Waals surface area contributed by atoms with E-state index in [4.69, 9.17) is 12.2 Å². The van der Waals surface area contributed by atoms with E-state index in [1.807, 2.05) is 37.2 Å². The van der Waals surface area contributed by atoms with Crippen LogP contribution in [0, 0.1) is 0 Å². The molecule has 3 heteroatoms. The van der Waals surface area contributed by atoms with Crippen LogP contribution in [0.3, 0.4) is 0 Å². The summed E-state index contributed by atoms with van der Waals surface area (Å²) in [5, 5.41) is 4.02. The maximum absolute atomic E-state index is 5.17. The van der Waals surface area contributed by atoms with Crippen LogP contribution in [0.2, 0.25) is 0 Å². The zero-order chi connectivity index (χ0) is 10.6. The first-order chi connectivity index (χ1) is 6.61. The maximum atomic E-state index is 5.17. The number of thiocarbonyl (C=S) groups is 1. The van der Waals surface area contributed by atoms with Crippen molar-refractivity contribution in [3.63, 3.8) is 0 Å². The van der Waals surface area contributed by atoms with Gasteiger partial charge in [-0.2, -0.15) is 0 Å². The summed E-state index contributed by atoms with van der Waals surface area (Å²) in [5.74, 6) is 0. The fourth-order valence-corrected chi connectivity index (χ4v) is 1.32. The molecule has 0 heterocycles. The van der Waals surface area contributed by atoms with Crippen LogP contribution in [0.1, 0.15) is 18.5 Å². The summed E-state index contributed by atoms with van der Waals surface area (Å²) in [6.45, 7) is 2.10. The molecule has 0 aliphatic heterocycles. The lowest BCUT2D eigenvalue weighted by Gasteiger charge is -2.20. The SMILES string of the molecule is CC(NC(=S)N(C)C)c1ccccc1. The van der Waals surface area contributed by atoms with Crippen LogP contribution in [0.15, 0.2) is 30.3 Å². The first kappa shape index (κ1) is 11.0. The molecule has 0 fully saturated rings. The molecule has 0 radical (unpaired) electrons. The molecule has 14 heavy (non-hydrogen) atoms. The van der Waals surface area contributed by atoms with Crippen molar-refractivity contribution >= 4 is 17.3 Å². The summed E-state index contributed by atoms with van der Waals surface area (Å²) in [4.78, 5) is 1.90. The molecule has 1 unspecified atom stereocenters. The van der Waals surface area contributed by atoms with Crippen LogP contribution in [0.5, 0.6) is 0 Å². The van der Waals surface area contributed by atoms with Gasteiger partial charge in [-0.3, -0.25) is 0 Å². The number of rotatable bonds is 2. The highest BCUT2D eigenvalue weighted by Gasteiger charge is 2.06. The number of nitrogens with zero attached hydrogens (tertiary/aromatic N) is 1. The standard InChI is InChI=1S/C11H16N2S/c1-9(12-11(14)13(2)3)10-7-5-4-6-8-10/h4-9H,1-3H3,(H,12,14). The van der Waals surface area contributed by atoms with Crippen LogP contribution in [0.4, 0.5) is 0 Å². The van der Waals surface area contributed by atoms with Crippen LogP contribution < -0.4 is 5.32 Å². The summed E-state index contributed by atoms with van der Waals surface area (Å²) < 4.78 is 0. The van der Waals surface area contributed by atoms with Gasteiger partial charge in [0.2, 0.25) is 0 Å². The average molecular weight is 208 g/mol. The minimum Gasteiger partial charge on any atom is -0.356 e. The van der Waals surface area contributed by atoms with Gasteiger partial charge in [0.1, 0.15) is 0 Å². The normalized spacial score (nSPS) is 11.9. The van der Waals surface area contributed by atoms with Gasteiger partial charge in [0, 0.05) is 14.1 Å². The van der Waals surface area contributed by atoms with Crippen molar-refractivity contribution in [3.05, 3.63) is 35.9 Å². The monoisotopic (exact) mass is 208 g/mol. The molecule has 1 N–H and O–H groups in total. The molecule has 0 saturated carbocycles. The van der Waals surface area contributed by atoms with E-state index in [9.17, 15) is 0 Å². The van der Waals surface area contributed by atoms with Gasteiger partial charge in [-0.05, 0) is 24.7 Å². The van der Waals surface area contributed by atoms with E-state index in [0.717, 1.165) is 5.11 Å². The smallest absolute Gasteiger partial charge is 0.168 e. The van der Waals surface area contributed by atoms with Crippen molar-refractivity contribution in [2.24, 2.45) is 0 Å². The summed E-state index contributed by atoms with van der Waals surface area (Å²) in [5.41, 5.74) is 1.25. The Balaban J connectivity index is 2.59. The van der Waals surface area contributed by atoms with Gasteiger partial charge in [-0.1, -0.05) is 30.3 Å². The fraction of sp³-hybridized carbons (Fsp3) is 0.364. The zero-order valence-electron chi connectivity index (χ0n) is 8.82. The fourth-order valence-electron chi connectivity index (χ4n) is 1.14. The molecular formula is C11H16N2S. The Kier molecular flexibility index (Phi) is 3.89. The first-order valence-corrected chi connectivity index (χ1v) is 5.05. The molecular weight excluding hydrogens is 192 g/mol. The molecule has 0 amide bonds. The Hall–Kier alpha value is -1.09. The topological polar surface area (TPSA) is 15.3 Å². The van der Waals surface area contributed by atoms with E-state index in [-0.39, 0.29) is 6.04 Å². The second-order valence-corrected chi connectivity index (χ2v) is 3.86. The van der Waals surface area contributed by atoms with E-state index in [1.165, 1.54) is 5.56 Å². The van der Waals surface area contributed by atoms with Crippen LogP contribution in [0.25, 0.3) is 0 Å². The number of hydrogen-bond donors (Lipinski definition) is 1.